The first-order valence-corrected chi connectivity index (χ1v) is 6.98. The van der Waals surface area contributed by atoms with Crippen LogP contribution in [0, 0.1) is 6.92 Å². The van der Waals surface area contributed by atoms with E-state index in [-0.39, 0.29) is 11.1 Å². The summed E-state index contributed by atoms with van der Waals surface area (Å²) in [5.74, 6) is -1.06. The van der Waals surface area contributed by atoms with Gasteiger partial charge in [0.2, 0.25) is 0 Å². The minimum Gasteiger partial charge on any atom is -0.285 e. The first-order valence-electron chi connectivity index (χ1n) is 6.60. The third-order valence-corrected chi connectivity index (χ3v) is 3.95. The maximum absolute atomic E-state index is 14.1. The van der Waals surface area contributed by atoms with Gasteiger partial charge in [-0.05, 0) is 24.6 Å². The number of fused-ring (bicyclic) bond motifs is 1. The molecule has 0 aliphatic carbocycles. The van der Waals surface area contributed by atoms with E-state index in [4.69, 9.17) is 11.6 Å². The molecule has 22 heavy (non-hydrogen) atoms. The van der Waals surface area contributed by atoms with Crippen LogP contribution < -0.4 is 10.6 Å². The van der Waals surface area contributed by atoms with Gasteiger partial charge in [-0.1, -0.05) is 41.9 Å². The molecule has 1 atom stereocenters. The second-order valence-electron chi connectivity index (χ2n) is 4.91. The lowest BCUT2D eigenvalue weighted by Crippen LogP contribution is -2.37. The van der Waals surface area contributed by atoms with Crippen molar-refractivity contribution in [2.24, 2.45) is 4.99 Å². The second kappa shape index (κ2) is 5.51. The molecule has 1 aliphatic heterocycles. The van der Waals surface area contributed by atoms with Crippen molar-refractivity contribution in [3.63, 3.8) is 0 Å². The first-order chi connectivity index (χ1) is 10.5. The molecule has 4 nitrogen and oxygen atoms in total. The molecule has 2 aromatic rings. The molecule has 0 aromatic heterocycles. The normalized spacial score (nSPS) is 17.8. The number of halogens is 2. The zero-order valence-electron chi connectivity index (χ0n) is 11.6. The van der Waals surface area contributed by atoms with Gasteiger partial charge >= 0.3 is 5.91 Å². The van der Waals surface area contributed by atoms with Crippen LogP contribution in [0.2, 0.25) is 5.02 Å². The molecule has 1 heterocycles. The SMILES string of the molecule is Cc1c(Cl)ccc2c1=C(c1ccccc1)N(O)C(F)C(=O)N=2. The molecular formula is C16H12ClFN2O2. The summed E-state index contributed by atoms with van der Waals surface area (Å²) in [5.41, 5.74) is 1.34. The molecule has 0 saturated heterocycles. The predicted octanol–water partition coefficient (Wildman–Crippen LogP) is 1.95. The highest BCUT2D eigenvalue weighted by atomic mass is 35.5. The Balaban J connectivity index is 2.53. The number of rotatable bonds is 1. The lowest BCUT2D eigenvalue weighted by molar-refractivity contribution is -0.151. The van der Waals surface area contributed by atoms with E-state index in [1.54, 1.807) is 43.3 Å². The summed E-state index contributed by atoms with van der Waals surface area (Å²) >= 11 is 6.14. The first kappa shape index (κ1) is 14.7. The van der Waals surface area contributed by atoms with E-state index in [0.29, 0.717) is 26.4 Å². The molecule has 0 radical (unpaired) electrons. The lowest BCUT2D eigenvalue weighted by atomic mass is 10.1. The Labute approximate surface area is 130 Å². The molecule has 1 unspecified atom stereocenters. The van der Waals surface area contributed by atoms with E-state index >= 15 is 0 Å². The van der Waals surface area contributed by atoms with Crippen molar-refractivity contribution in [1.29, 1.82) is 0 Å². The fraction of sp³-hybridized carbons (Fsp3) is 0.125. The fourth-order valence-electron chi connectivity index (χ4n) is 2.44. The minimum atomic E-state index is -2.26. The number of amides is 1. The Morgan fingerprint density at radius 3 is 2.59 bits per heavy atom. The van der Waals surface area contributed by atoms with E-state index in [1.807, 2.05) is 0 Å². The largest absolute Gasteiger partial charge is 0.303 e. The molecule has 0 fully saturated rings. The molecule has 6 heteroatoms. The second-order valence-corrected chi connectivity index (χ2v) is 5.32. The fourth-order valence-corrected chi connectivity index (χ4v) is 2.60. The highest BCUT2D eigenvalue weighted by Gasteiger charge is 2.30. The quantitative estimate of drug-likeness (QED) is 0.818. The maximum atomic E-state index is 14.1. The van der Waals surface area contributed by atoms with Gasteiger partial charge < -0.3 is 0 Å². The Bertz CT molecular complexity index is 868. The monoisotopic (exact) mass is 318 g/mol. The van der Waals surface area contributed by atoms with Crippen LogP contribution in [0.25, 0.3) is 5.70 Å². The molecule has 0 spiro atoms. The smallest absolute Gasteiger partial charge is 0.285 e. The van der Waals surface area contributed by atoms with Crippen molar-refractivity contribution in [2.75, 3.05) is 0 Å². The average Bonchev–Trinajstić information content (AvgIpc) is 2.62. The summed E-state index contributed by atoms with van der Waals surface area (Å²) in [5, 5.41) is 11.7. The Morgan fingerprint density at radius 1 is 1.23 bits per heavy atom. The van der Waals surface area contributed by atoms with Gasteiger partial charge in [0.15, 0.2) is 0 Å². The van der Waals surface area contributed by atoms with Crippen LogP contribution in [0.1, 0.15) is 11.1 Å². The van der Waals surface area contributed by atoms with Crippen molar-refractivity contribution in [3.8, 4) is 0 Å². The number of hydrogen-bond donors (Lipinski definition) is 1. The van der Waals surface area contributed by atoms with Crippen molar-refractivity contribution in [3.05, 3.63) is 69.2 Å². The molecule has 1 N–H and O–H groups in total. The van der Waals surface area contributed by atoms with Crippen molar-refractivity contribution in [2.45, 2.75) is 13.2 Å². The standard InChI is InChI=1S/C16H12ClFN2O2/c1-9-11(17)7-8-12-13(9)14(10-5-3-2-4-6-10)20(22)15(18)16(21)19-12/h2-8,15,22H,1H3. The highest BCUT2D eigenvalue weighted by molar-refractivity contribution is 6.31. The summed E-state index contributed by atoms with van der Waals surface area (Å²) in [6, 6.07) is 11.9. The van der Waals surface area contributed by atoms with Crippen molar-refractivity contribution in [1.82, 2.24) is 5.06 Å². The van der Waals surface area contributed by atoms with Gasteiger partial charge in [-0.15, -0.1) is 0 Å². The predicted molar refractivity (Wildman–Crippen MR) is 79.5 cm³/mol. The van der Waals surface area contributed by atoms with E-state index in [0.717, 1.165) is 0 Å². The number of nitrogens with zero attached hydrogens (tertiary/aromatic N) is 2. The molecular weight excluding hydrogens is 307 g/mol. The number of alkyl halides is 1. The average molecular weight is 319 g/mol. The zero-order chi connectivity index (χ0) is 15.9. The highest BCUT2D eigenvalue weighted by Crippen LogP contribution is 2.20. The third-order valence-electron chi connectivity index (χ3n) is 3.54. The lowest BCUT2D eigenvalue weighted by Gasteiger charge is -2.21. The van der Waals surface area contributed by atoms with E-state index in [9.17, 15) is 14.4 Å². The Hall–Kier alpha value is -2.24. The number of carbonyl (C=O) groups excluding carboxylic acids is 1. The molecule has 0 saturated carbocycles. The van der Waals surface area contributed by atoms with E-state index < -0.39 is 12.2 Å². The van der Waals surface area contributed by atoms with Gasteiger partial charge in [0.1, 0.15) is 0 Å². The van der Waals surface area contributed by atoms with Crippen LogP contribution in [0.15, 0.2) is 47.5 Å². The van der Waals surface area contributed by atoms with Crippen LogP contribution in [-0.4, -0.2) is 22.5 Å². The van der Waals surface area contributed by atoms with Gasteiger partial charge in [-0.25, -0.2) is 14.4 Å². The number of hydrogen-bond acceptors (Lipinski definition) is 3. The van der Waals surface area contributed by atoms with Gasteiger partial charge in [0.05, 0.1) is 11.1 Å². The van der Waals surface area contributed by atoms with E-state index in [2.05, 4.69) is 4.99 Å². The Kier molecular flexibility index (Phi) is 3.68. The molecule has 1 aliphatic rings. The number of carbonyl (C=O) groups is 1. The van der Waals surface area contributed by atoms with Gasteiger partial charge in [-0.3, -0.25) is 10.0 Å². The molecule has 0 bridgehead atoms. The van der Waals surface area contributed by atoms with Crippen molar-refractivity contribution >= 4 is 23.2 Å². The Morgan fingerprint density at radius 2 is 1.91 bits per heavy atom. The van der Waals surface area contributed by atoms with Crippen LogP contribution in [0.3, 0.4) is 0 Å². The van der Waals surface area contributed by atoms with Gasteiger partial charge in [0, 0.05) is 15.8 Å². The van der Waals surface area contributed by atoms with Crippen molar-refractivity contribution < 1.29 is 14.4 Å². The summed E-state index contributed by atoms with van der Waals surface area (Å²) in [4.78, 5) is 15.5. The summed E-state index contributed by atoms with van der Waals surface area (Å²) in [6.45, 7) is 1.73. The topological polar surface area (TPSA) is 52.9 Å². The molecule has 3 rings (SSSR count). The summed E-state index contributed by atoms with van der Waals surface area (Å²) in [7, 11) is 0. The van der Waals surface area contributed by atoms with Crippen LogP contribution >= 0.6 is 11.6 Å². The number of benzene rings is 2. The molecule has 2 aromatic carbocycles. The summed E-state index contributed by atoms with van der Waals surface area (Å²) < 4.78 is 14.1. The third kappa shape index (κ3) is 2.28. The molecule has 112 valence electrons. The van der Waals surface area contributed by atoms with Crippen LogP contribution in [0.4, 0.5) is 4.39 Å². The van der Waals surface area contributed by atoms with Crippen LogP contribution in [0.5, 0.6) is 0 Å². The van der Waals surface area contributed by atoms with Gasteiger partial charge in [0.25, 0.3) is 6.30 Å². The number of hydroxylamine groups is 2. The zero-order valence-corrected chi connectivity index (χ0v) is 12.4. The molecule has 1 amide bonds. The minimum absolute atomic E-state index is 0.165. The van der Waals surface area contributed by atoms with Crippen LogP contribution in [-0.2, 0) is 4.79 Å². The van der Waals surface area contributed by atoms with Gasteiger partial charge in [-0.2, -0.15) is 0 Å². The van der Waals surface area contributed by atoms with E-state index in [1.165, 1.54) is 6.07 Å². The summed E-state index contributed by atoms with van der Waals surface area (Å²) in [6.07, 6.45) is -2.26. The maximum Gasteiger partial charge on any atom is 0.303 e.